The molecular formula is C10H15NO4. The van der Waals surface area contributed by atoms with Gasteiger partial charge in [-0.1, -0.05) is 13.8 Å². The lowest BCUT2D eigenvalue weighted by molar-refractivity contribution is 0.0663. The first kappa shape index (κ1) is 11.6. The van der Waals surface area contributed by atoms with Crippen LogP contribution in [0.15, 0.2) is 16.5 Å². The molecule has 0 saturated heterocycles. The third-order valence-corrected chi connectivity index (χ3v) is 2.07. The van der Waals surface area contributed by atoms with Gasteiger partial charge in [0.25, 0.3) is 0 Å². The molecule has 0 fully saturated rings. The highest BCUT2D eigenvalue weighted by Gasteiger charge is 2.11. The van der Waals surface area contributed by atoms with Crippen LogP contribution < -0.4 is 5.32 Å². The molecule has 5 heteroatoms. The van der Waals surface area contributed by atoms with Crippen molar-refractivity contribution in [3.05, 3.63) is 17.9 Å². The molecule has 0 aliphatic heterocycles. The lowest BCUT2D eigenvalue weighted by Gasteiger charge is -2.14. The lowest BCUT2D eigenvalue weighted by Crippen LogP contribution is -2.24. The van der Waals surface area contributed by atoms with Crippen LogP contribution in [0.25, 0.3) is 0 Å². The molecule has 0 amide bonds. The molecule has 0 radical (unpaired) electrons. The number of aliphatic hydroxyl groups excluding tert-OH is 1. The normalized spacial score (nSPS) is 12.8. The average molecular weight is 213 g/mol. The summed E-state index contributed by atoms with van der Waals surface area (Å²) in [7, 11) is 0. The highest BCUT2D eigenvalue weighted by molar-refractivity contribution is 5.84. The maximum Gasteiger partial charge on any atom is 0.371 e. The molecule has 0 aliphatic carbocycles. The van der Waals surface area contributed by atoms with Crippen molar-refractivity contribution < 1.29 is 19.4 Å². The van der Waals surface area contributed by atoms with Gasteiger partial charge in [0.2, 0.25) is 5.76 Å². The molecule has 1 atom stereocenters. The third-order valence-electron chi connectivity index (χ3n) is 2.07. The van der Waals surface area contributed by atoms with Crippen molar-refractivity contribution in [2.45, 2.75) is 20.0 Å². The van der Waals surface area contributed by atoms with Crippen LogP contribution in [0.2, 0.25) is 0 Å². The Morgan fingerprint density at radius 1 is 1.53 bits per heavy atom. The Bertz CT molecular complexity index is 332. The van der Waals surface area contributed by atoms with Gasteiger partial charge >= 0.3 is 5.97 Å². The topological polar surface area (TPSA) is 82.7 Å². The second-order valence-electron chi connectivity index (χ2n) is 3.66. The molecule has 3 N–H and O–H groups in total. The maximum absolute atomic E-state index is 10.5. The zero-order chi connectivity index (χ0) is 11.4. The predicted octanol–water partition coefficient (Wildman–Crippen LogP) is 1.41. The van der Waals surface area contributed by atoms with Crippen LogP contribution in [0.4, 0.5) is 5.88 Å². The van der Waals surface area contributed by atoms with Gasteiger partial charge in [-0.25, -0.2) is 4.79 Å². The van der Waals surface area contributed by atoms with E-state index < -0.39 is 12.1 Å². The van der Waals surface area contributed by atoms with E-state index in [1.54, 1.807) is 0 Å². The summed E-state index contributed by atoms with van der Waals surface area (Å²) in [5.74, 6) is -0.720. The fourth-order valence-electron chi connectivity index (χ4n) is 0.989. The van der Waals surface area contributed by atoms with Crippen LogP contribution in [-0.2, 0) is 0 Å². The number of aliphatic hydroxyl groups is 1. The van der Waals surface area contributed by atoms with Crippen molar-refractivity contribution in [1.29, 1.82) is 0 Å². The first-order valence-corrected chi connectivity index (χ1v) is 4.75. The molecule has 0 spiro atoms. The van der Waals surface area contributed by atoms with Crippen LogP contribution in [0.3, 0.4) is 0 Å². The number of hydrogen-bond acceptors (Lipinski definition) is 4. The van der Waals surface area contributed by atoms with Crippen molar-refractivity contribution in [1.82, 2.24) is 0 Å². The summed E-state index contributed by atoms with van der Waals surface area (Å²) >= 11 is 0. The molecule has 1 rings (SSSR count). The molecule has 1 heterocycles. The monoisotopic (exact) mass is 213 g/mol. The minimum absolute atomic E-state index is 0.114. The molecule has 15 heavy (non-hydrogen) atoms. The smallest absolute Gasteiger partial charge is 0.371 e. The van der Waals surface area contributed by atoms with E-state index in [9.17, 15) is 9.90 Å². The third kappa shape index (κ3) is 3.28. The Kier molecular flexibility index (Phi) is 3.74. The summed E-state index contributed by atoms with van der Waals surface area (Å²) < 4.78 is 4.95. The van der Waals surface area contributed by atoms with Crippen LogP contribution in [0.5, 0.6) is 0 Å². The quantitative estimate of drug-likeness (QED) is 0.688. The fraction of sp³-hybridized carbons (Fsp3) is 0.500. The second kappa shape index (κ2) is 4.84. The lowest BCUT2D eigenvalue weighted by atomic mass is 10.1. The van der Waals surface area contributed by atoms with Gasteiger partial charge in [0.15, 0.2) is 5.88 Å². The molecular weight excluding hydrogens is 198 g/mol. The van der Waals surface area contributed by atoms with Gasteiger partial charge in [0.1, 0.15) is 0 Å². The zero-order valence-electron chi connectivity index (χ0n) is 8.73. The molecule has 0 bridgehead atoms. The van der Waals surface area contributed by atoms with E-state index in [0.29, 0.717) is 12.4 Å². The summed E-state index contributed by atoms with van der Waals surface area (Å²) in [6.07, 6.45) is -0.483. The molecule has 0 saturated carbocycles. The minimum Gasteiger partial charge on any atom is -0.475 e. The van der Waals surface area contributed by atoms with Gasteiger partial charge in [0, 0.05) is 12.6 Å². The molecule has 84 valence electrons. The number of anilines is 1. The van der Waals surface area contributed by atoms with Gasteiger partial charge in [-0.15, -0.1) is 0 Å². The van der Waals surface area contributed by atoms with Crippen molar-refractivity contribution in [2.75, 3.05) is 11.9 Å². The largest absolute Gasteiger partial charge is 0.475 e. The van der Waals surface area contributed by atoms with Crippen LogP contribution in [0.1, 0.15) is 24.4 Å². The van der Waals surface area contributed by atoms with Gasteiger partial charge in [0.05, 0.1) is 6.10 Å². The molecule has 0 aromatic carbocycles. The molecule has 5 nitrogen and oxygen atoms in total. The van der Waals surface area contributed by atoms with Crippen LogP contribution >= 0.6 is 0 Å². The molecule has 1 unspecified atom stereocenters. The highest BCUT2D eigenvalue weighted by atomic mass is 16.4. The SMILES string of the molecule is CC(C)C(O)CNc1ccc(C(=O)O)o1. The van der Waals surface area contributed by atoms with Crippen LogP contribution in [-0.4, -0.2) is 28.8 Å². The molecule has 1 aromatic heterocycles. The number of aromatic carboxylic acids is 1. The van der Waals surface area contributed by atoms with Gasteiger partial charge in [-0.05, 0) is 12.0 Å². The van der Waals surface area contributed by atoms with Crippen molar-refractivity contribution >= 4 is 11.9 Å². The zero-order valence-corrected chi connectivity index (χ0v) is 8.73. The minimum atomic E-state index is -1.10. The van der Waals surface area contributed by atoms with Crippen molar-refractivity contribution in [3.8, 4) is 0 Å². The van der Waals surface area contributed by atoms with Crippen molar-refractivity contribution in [2.24, 2.45) is 5.92 Å². The predicted molar refractivity (Wildman–Crippen MR) is 55.0 cm³/mol. The second-order valence-corrected chi connectivity index (χ2v) is 3.66. The summed E-state index contributed by atoms with van der Waals surface area (Å²) in [6.45, 7) is 4.14. The number of carbonyl (C=O) groups is 1. The summed E-state index contributed by atoms with van der Waals surface area (Å²) in [5.41, 5.74) is 0. The van der Waals surface area contributed by atoms with E-state index in [1.165, 1.54) is 12.1 Å². The Balaban J connectivity index is 2.48. The fourth-order valence-corrected chi connectivity index (χ4v) is 0.989. The first-order valence-electron chi connectivity index (χ1n) is 4.75. The van der Waals surface area contributed by atoms with E-state index in [2.05, 4.69) is 5.32 Å². The number of rotatable bonds is 5. The van der Waals surface area contributed by atoms with Crippen LogP contribution in [0, 0.1) is 5.92 Å². The number of carboxylic acid groups (broad SMARTS) is 1. The summed E-state index contributed by atoms with van der Waals surface area (Å²) in [6, 6.07) is 2.89. The molecule has 1 aromatic rings. The summed E-state index contributed by atoms with van der Waals surface area (Å²) in [5, 5.41) is 20.9. The number of carboxylic acids is 1. The summed E-state index contributed by atoms with van der Waals surface area (Å²) in [4.78, 5) is 10.5. The Morgan fingerprint density at radius 3 is 2.67 bits per heavy atom. The van der Waals surface area contributed by atoms with Gasteiger partial charge in [-0.3, -0.25) is 0 Å². The average Bonchev–Trinajstić information content (AvgIpc) is 2.62. The van der Waals surface area contributed by atoms with E-state index in [4.69, 9.17) is 9.52 Å². The number of furan rings is 1. The standard InChI is InChI=1S/C10H15NO4/c1-6(2)7(12)5-11-9-4-3-8(15-9)10(13)14/h3-4,6-7,11-12H,5H2,1-2H3,(H,13,14). The first-order chi connectivity index (χ1) is 7.00. The number of nitrogens with one attached hydrogen (secondary N) is 1. The number of hydrogen-bond donors (Lipinski definition) is 3. The maximum atomic E-state index is 10.5. The van der Waals surface area contributed by atoms with Gasteiger partial charge < -0.3 is 19.9 Å². The van der Waals surface area contributed by atoms with Gasteiger partial charge in [-0.2, -0.15) is 0 Å². The Morgan fingerprint density at radius 2 is 2.20 bits per heavy atom. The Labute approximate surface area is 87.7 Å². The van der Waals surface area contributed by atoms with E-state index in [-0.39, 0.29) is 11.7 Å². The van der Waals surface area contributed by atoms with E-state index in [0.717, 1.165) is 0 Å². The Hall–Kier alpha value is -1.49. The van der Waals surface area contributed by atoms with Crippen molar-refractivity contribution in [3.63, 3.8) is 0 Å². The van der Waals surface area contributed by atoms with E-state index in [1.807, 2.05) is 13.8 Å². The highest BCUT2D eigenvalue weighted by Crippen LogP contribution is 2.13. The van der Waals surface area contributed by atoms with E-state index >= 15 is 0 Å². The molecule has 0 aliphatic rings.